The molecule has 3 aromatic rings. The van der Waals surface area contributed by atoms with Gasteiger partial charge in [-0.05, 0) is 31.7 Å². The molecule has 0 atom stereocenters. The van der Waals surface area contributed by atoms with Crippen LogP contribution in [0.2, 0.25) is 0 Å². The molecule has 17 heavy (non-hydrogen) atoms. The molecule has 0 bridgehead atoms. The number of hydrogen-bond acceptors (Lipinski definition) is 5. The van der Waals surface area contributed by atoms with E-state index in [2.05, 4.69) is 15.0 Å². The van der Waals surface area contributed by atoms with Crippen LogP contribution in [0.15, 0.2) is 34.0 Å². The summed E-state index contributed by atoms with van der Waals surface area (Å²) in [6.45, 7) is 3.95. The number of thiazole rings is 1. The van der Waals surface area contributed by atoms with Crippen molar-refractivity contribution in [3.05, 3.63) is 35.2 Å². The van der Waals surface area contributed by atoms with Gasteiger partial charge >= 0.3 is 0 Å². The summed E-state index contributed by atoms with van der Waals surface area (Å²) in [6, 6.07) is 1.97. The second kappa shape index (κ2) is 4.12. The lowest BCUT2D eigenvalue weighted by atomic mass is 10.4. The molecule has 0 fully saturated rings. The topological polar surface area (TPSA) is 43.1 Å². The molecule has 4 nitrogen and oxygen atoms in total. The number of rotatable bonds is 2. The summed E-state index contributed by atoms with van der Waals surface area (Å²) in [5.41, 5.74) is 1.97. The number of hydrogen-bond donors (Lipinski definition) is 0. The Labute approximate surface area is 107 Å². The van der Waals surface area contributed by atoms with Gasteiger partial charge in [0.2, 0.25) is 0 Å². The van der Waals surface area contributed by atoms with Gasteiger partial charge in [-0.15, -0.1) is 11.3 Å². The summed E-state index contributed by atoms with van der Waals surface area (Å²) < 4.78 is 2.01. The van der Waals surface area contributed by atoms with Crippen molar-refractivity contribution in [3.8, 4) is 0 Å². The molecule has 0 aliphatic carbocycles. The predicted molar refractivity (Wildman–Crippen MR) is 68.7 cm³/mol. The van der Waals surface area contributed by atoms with E-state index in [0.29, 0.717) is 0 Å². The highest BCUT2D eigenvalue weighted by atomic mass is 32.2. The number of imidazole rings is 1. The van der Waals surface area contributed by atoms with E-state index in [4.69, 9.17) is 0 Å². The zero-order valence-corrected chi connectivity index (χ0v) is 11.0. The predicted octanol–water partition coefficient (Wildman–Crippen LogP) is 2.95. The molecule has 0 saturated carbocycles. The van der Waals surface area contributed by atoms with Gasteiger partial charge in [-0.3, -0.25) is 4.40 Å². The Morgan fingerprint density at radius 2 is 1.94 bits per heavy atom. The van der Waals surface area contributed by atoms with E-state index in [-0.39, 0.29) is 0 Å². The van der Waals surface area contributed by atoms with E-state index < -0.39 is 0 Å². The molecule has 3 heterocycles. The van der Waals surface area contributed by atoms with E-state index in [1.165, 1.54) is 11.8 Å². The number of aryl methyl sites for hydroxylation is 2. The lowest BCUT2D eigenvalue weighted by Gasteiger charge is -1.99. The first-order valence-electron chi connectivity index (χ1n) is 5.13. The van der Waals surface area contributed by atoms with E-state index in [1.54, 1.807) is 11.3 Å². The first-order valence-corrected chi connectivity index (χ1v) is 6.83. The van der Waals surface area contributed by atoms with E-state index in [1.807, 2.05) is 42.1 Å². The fraction of sp³-hybridized carbons (Fsp3) is 0.182. The molecule has 3 aromatic heterocycles. The summed E-state index contributed by atoms with van der Waals surface area (Å²) in [5, 5.41) is 3.71. The van der Waals surface area contributed by atoms with Crippen LogP contribution in [0, 0.1) is 13.8 Å². The van der Waals surface area contributed by atoms with E-state index in [9.17, 15) is 0 Å². The van der Waals surface area contributed by atoms with E-state index >= 15 is 0 Å². The molecule has 0 radical (unpaired) electrons. The van der Waals surface area contributed by atoms with Gasteiger partial charge < -0.3 is 0 Å². The molecule has 6 heteroatoms. The summed E-state index contributed by atoms with van der Waals surface area (Å²) in [5.74, 6) is 0. The Morgan fingerprint density at radius 1 is 1.18 bits per heavy atom. The quantitative estimate of drug-likeness (QED) is 0.666. The molecule has 3 rings (SSSR count). The minimum Gasteiger partial charge on any atom is -0.297 e. The molecule has 0 amide bonds. The first-order chi connectivity index (χ1) is 8.20. The second-order valence-electron chi connectivity index (χ2n) is 3.71. The van der Waals surface area contributed by atoms with Crippen LogP contribution in [-0.4, -0.2) is 19.4 Å². The van der Waals surface area contributed by atoms with Gasteiger partial charge in [0.25, 0.3) is 0 Å². The zero-order chi connectivity index (χ0) is 11.8. The fourth-order valence-corrected chi connectivity index (χ4v) is 3.21. The van der Waals surface area contributed by atoms with Crippen LogP contribution in [0.4, 0.5) is 0 Å². The third-order valence-corrected chi connectivity index (χ3v) is 3.77. The Balaban J connectivity index is 1.93. The maximum Gasteiger partial charge on any atom is 0.194 e. The fourth-order valence-electron chi connectivity index (χ4n) is 1.59. The van der Waals surface area contributed by atoms with Crippen molar-refractivity contribution in [1.29, 1.82) is 0 Å². The van der Waals surface area contributed by atoms with Gasteiger partial charge in [0.1, 0.15) is 5.03 Å². The molecule has 0 aliphatic heterocycles. The Bertz CT molecular complexity index is 622. The zero-order valence-electron chi connectivity index (χ0n) is 9.41. The third kappa shape index (κ3) is 2.18. The van der Waals surface area contributed by atoms with Crippen LogP contribution in [-0.2, 0) is 0 Å². The highest BCUT2D eigenvalue weighted by molar-refractivity contribution is 7.99. The smallest absolute Gasteiger partial charge is 0.194 e. The van der Waals surface area contributed by atoms with Crippen molar-refractivity contribution >= 4 is 28.1 Å². The normalized spacial score (nSPS) is 11.2. The molecular weight excluding hydrogens is 252 g/mol. The van der Waals surface area contributed by atoms with Crippen LogP contribution in [0.3, 0.4) is 0 Å². The lowest BCUT2D eigenvalue weighted by Crippen LogP contribution is -1.92. The minimum atomic E-state index is 0.758. The van der Waals surface area contributed by atoms with Crippen molar-refractivity contribution in [3.63, 3.8) is 0 Å². The largest absolute Gasteiger partial charge is 0.297 e. The SMILES string of the molecule is Cc1cc(C)nc(Sc2cn3ccsc3n2)n1. The van der Waals surface area contributed by atoms with Crippen LogP contribution in [0.5, 0.6) is 0 Å². The van der Waals surface area contributed by atoms with Crippen LogP contribution in [0.1, 0.15) is 11.4 Å². The standard InChI is InChI=1S/C11H10N4S2/c1-7-5-8(2)13-10(12-7)17-9-6-15-3-4-16-11(15)14-9/h3-6H,1-2H3. The van der Waals surface area contributed by atoms with Crippen molar-refractivity contribution < 1.29 is 0 Å². The van der Waals surface area contributed by atoms with Crippen LogP contribution in [0.25, 0.3) is 4.96 Å². The minimum absolute atomic E-state index is 0.758. The second-order valence-corrected chi connectivity index (χ2v) is 5.57. The third-order valence-electron chi connectivity index (χ3n) is 2.23. The molecule has 0 aliphatic rings. The van der Waals surface area contributed by atoms with Gasteiger partial charge in [-0.2, -0.15) is 0 Å². The Morgan fingerprint density at radius 3 is 2.65 bits per heavy atom. The van der Waals surface area contributed by atoms with Crippen LogP contribution >= 0.6 is 23.1 Å². The molecule has 0 spiro atoms. The maximum atomic E-state index is 4.49. The van der Waals surface area contributed by atoms with Crippen molar-refractivity contribution in [2.24, 2.45) is 0 Å². The number of fused-ring (bicyclic) bond motifs is 1. The highest BCUT2D eigenvalue weighted by Crippen LogP contribution is 2.25. The Hall–Kier alpha value is -1.40. The summed E-state index contributed by atoms with van der Waals surface area (Å²) in [7, 11) is 0. The molecule has 0 aromatic carbocycles. The number of aromatic nitrogens is 4. The van der Waals surface area contributed by atoms with Gasteiger partial charge in [0.05, 0.1) is 0 Å². The maximum absolute atomic E-state index is 4.49. The summed E-state index contributed by atoms with van der Waals surface area (Å²) in [6.07, 6.45) is 4.00. The van der Waals surface area contributed by atoms with Crippen molar-refractivity contribution in [2.75, 3.05) is 0 Å². The van der Waals surface area contributed by atoms with Crippen molar-refractivity contribution in [1.82, 2.24) is 19.4 Å². The molecule has 0 saturated heterocycles. The highest BCUT2D eigenvalue weighted by Gasteiger charge is 2.07. The van der Waals surface area contributed by atoms with Crippen molar-refractivity contribution in [2.45, 2.75) is 24.0 Å². The van der Waals surface area contributed by atoms with Gasteiger partial charge in [-0.1, -0.05) is 0 Å². The van der Waals surface area contributed by atoms with E-state index in [0.717, 1.165) is 26.5 Å². The monoisotopic (exact) mass is 262 g/mol. The van der Waals surface area contributed by atoms with Gasteiger partial charge in [0.15, 0.2) is 10.1 Å². The summed E-state index contributed by atoms with van der Waals surface area (Å²) >= 11 is 3.12. The average molecular weight is 262 g/mol. The Kier molecular flexibility index (Phi) is 2.60. The molecule has 0 N–H and O–H groups in total. The molecule has 86 valence electrons. The van der Waals surface area contributed by atoms with Gasteiger partial charge in [-0.25, -0.2) is 15.0 Å². The molecule has 0 unspecified atom stereocenters. The van der Waals surface area contributed by atoms with Gasteiger partial charge in [0, 0.05) is 29.2 Å². The lowest BCUT2D eigenvalue weighted by molar-refractivity contribution is 0.900. The summed E-state index contributed by atoms with van der Waals surface area (Å²) in [4.78, 5) is 14.3. The number of nitrogens with zero attached hydrogens (tertiary/aromatic N) is 4. The van der Waals surface area contributed by atoms with Crippen LogP contribution < -0.4 is 0 Å². The first kappa shape index (κ1) is 10.7. The molecular formula is C11H10N4S2. The average Bonchev–Trinajstić information content (AvgIpc) is 2.75.